The highest BCUT2D eigenvalue weighted by atomic mass is 79.9. The number of rotatable bonds is 2. The van der Waals surface area contributed by atoms with E-state index in [0.29, 0.717) is 5.56 Å². The van der Waals surface area contributed by atoms with Crippen molar-refractivity contribution in [1.29, 1.82) is 0 Å². The number of halogens is 2. The van der Waals surface area contributed by atoms with E-state index in [9.17, 15) is 4.39 Å². The van der Waals surface area contributed by atoms with Crippen LogP contribution < -0.4 is 0 Å². The van der Waals surface area contributed by atoms with Crippen molar-refractivity contribution in [2.24, 2.45) is 0 Å². The topological polar surface area (TPSA) is 20.2 Å². The second-order valence-electron chi connectivity index (χ2n) is 4.64. The Bertz CT molecular complexity index is 344. The van der Waals surface area contributed by atoms with Gasteiger partial charge in [0.05, 0.1) is 6.61 Å². The maximum Gasteiger partial charge on any atom is 0.148 e. The summed E-state index contributed by atoms with van der Waals surface area (Å²) in [5.41, 5.74) is 1.68. The minimum atomic E-state index is -1.30. The summed E-state index contributed by atoms with van der Waals surface area (Å²) in [6.07, 6.45) is -1.30. The van der Waals surface area contributed by atoms with Gasteiger partial charge in [-0.25, -0.2) is 4.39 Å². The summed E-state index contributed by atoms with van der Waals surface area (Å²) in [6.45, 7) is 5.84. The zero-order valence-corrected chi connectivity index (χ0v) is 10.8. The lowest BCUT2D eigenvalue weighted by Gasteiger charge is -2.21. The summed E-state index contributed by atoms with van der Waals surface area (Å²) < 4.78 is 14.1. The van der Waals surface area contributed by atoms with Crippen LogP contribution in [-0.4, -0.2) is 11.7 Å². The summed E-state index contributed by atoms with van der Waals surface area (Å²) in [5, 5.41) is 8.72. The summed E-state index contributed by atoms with van der Waals surface area (Å²) in [4.78, 5) is 0. The van der Waals surface area contributed by atoms with E-state index >= 15 is 0 Å². The van der Waals surface area contributed by atoms with Gasteiger partial charge in [-0.3, -0.25) is 0 Å². The molecule has 0 amide bonds. The van der Waals surface area contributed by atoms with E-state index in [2.05, 4.69) is 36.7 Å². The Morgan fingerprint density at radius 1 is 1.40 bits per heavy atom. The molecule has 3 heteroatoms. The smallest absolute Gasteiger partial charge is 0.148 e. The molecule has 1 N–H and O–H groups in total. The van der Waals surface area contributed by atoms with Crippen molar-refractivity contribution in [3.63, 3.8) is 0 Å². The molecule has 0 aliphatic carbocycles. The predicted octanol–water partition coefficient (Wildman–Crippen LogP) is 3.75. The van der Waals surface area contributed by atoms with Gasteiger partial charge in [-0.1, -0.05) is 48.8 Å². The van der Waals surface area contributed by atoms with Crippen LogP contribution in [-0.2, 0) is 5.41 Å². The van der Waals surface area contributed by atoms with Gasteiger partial charge >= 0.3 is 0 Å². The van der Waals surface area contributed by atoms with Gasteiger partial charge in [-0.05, 0) is 22.6 Å². The monoisotopic (exact) mass is 274 g/mol. The summed E-state index contributed by atoms with van der Waals surface area (Å²) in [5.74, 6) is 0. The fourth-order valence-electron chi connectivity index (χ4n) is 1.44. The third kappa shape index (κ3) is 3.02. The zero-order valence-electron chi connectivity index (χ0n) is 9.22. The average Bonchev–Trinajstić information content (AvgIpc) is 2.14. The van der Waals surface area contributed by atoms with Crippen LogP contribution in [0.3, 0.4) is 0 Å². The van der Waals surface area contributed by atoms with Crippen molar-refractivity contribution >= 4 is 15.9 Å². The Balaban J connectivity index is 3.09. The number of hydrogen-bond acceptors (Lipinski definition) is 1. The van der Waals surface area contributed by atoms with E-state index in [1.165, 1.54) is 0 Å². The fraction of sp³-hybridized carbons (Fsp3) is 0.500. The minimum absolute atomic E-state index is 0.0301. The first-order valence-corrected chi connectivity index (χ1v) is 5.70. The lowest BCUT2D eigenvalue weighted by atomic mass is 9.86. The van der Waals surface area contributed by atoms with Gasteiger partial charge in [0.15, 0.2) is 0 Å². The quantitative estimate of drug-likeness (QED) is 0.871. The van der Waals surface area contributed by atoms with Crippen LogP contribution in [0.2, 0.25) is 0 Å². The first-order valence-electron chi connectivity index (χ1n) is 4.91. The average molecular weight is 275 g/mol. The van der Waals surface area contributed by atoms with Crippen molar-refractivity contribution < 1.29 is 9.50 Å². The van der Waals surface area contributed by atoms with Crippen LogP contribution in [0.1, 0.15) is 38.1 Å². The molecular weight excluding hydrogens is 259 g/mol. The molecule has 0 radical (unpaired) electrons. The number of hydrogen-bond donors (Lipinski definition) is 1. The summed E-state index contributed by atoms with van der Waals surface area (Å²) in [6, 6.07) is 5.37. The SMILES string of the molecule is CC(C)(C)c1ccc(C(F)CO)cc1Br. The Hall–Kier alpha value is -0.410. The highest BCUT2D eigenvalue weighted by Crippen LogP contribution is 2.32. The molecule has 0 heterocycles. The van der Waals surface area contributed by atoms with E-state index in [0.717, 1.165) is 10.0 Å². The van der Waals surface area contributed by atoms with Crippen LogP contribution >= 0.6 is 15.9 Å². The van der Waals surface area contributed by atoms with Gasteiger partial charge < -0.3 is 5.11 Å². The second-order valence-corrected chi connectivity index (χ2v) is 5.49. The predicted molar refractivity (Wildman–Crippen MR) is 63.8 cm³/mol. The molecule has 0 aromatic heterocycles. The Kier molecular flexibility index (Phi) is 3.90. The van der Waals surface area contributed by atoms with Crippen molar-refractivity contribution in [2.45, 2.75) is 32.4 Å². The molecule has 0 bridgehead atoms. The van der Waals surface area contributed by atoms with Crippen molar-refractivity contribution in [2.75, 3.05) is 6.61 Å². The standard InChI is InChI=1S/C12H16BrFO/c1-12(2,3)9-5-4-8(6-10(9)13)11(14)7-15/h4-6,11,15H,7H2,1-3H3. The van der Waals surface area contributed by atoms with E-state index in [1.54, 1.807) is 12.1 Å². The molecule has 1 nitrogen and oxygen atoms in total. The normalized spacial score (nSPS) is 14.0. The fourth-order valence-corrected chi connectivity index (χ4v) is 2.43. The molecule has 15 heavy (non-hydrogen) atoms. The molecule has 0 spiro atoms. The molecule has 1 aromatic rings. The lowest BCUT2D eigenvalue weighted by Crippen LogP contribution is -2.12. The van der Waals surface area contributed by atoms with E-state index in [-0.39, 0.29) is 5.41 Å². The summed E-state index contributed by atoms with van der Waals surface area (Å²) in [7, 11) is 0. The van der Waals surface area contributed by atoms with Crippen LogP contribution in [0.25, 0.3) is 0 Å². The Morgan fingerprint density at radius 2 is 2.00 bits per heavy atom. The van der Waals surface area contributed by atoms with Crippen LogP contribution in [0.4, 0.5) is 4.39 Å². The van der Waals surface area contributed by atoms with E-state index in [1.807, 2.05) is 6.07 Å². The number of alkyl halides is 1. The Labute approximate surface area is 98.4 Å². The number of aliphatic hydroxyl groups excluding tert-OH is 1. The van der Waals surface area contributed by atoms with Gasteiger partial charge in [-0.15, -0.1) is 0 Å². The van der Waals surface area contributed by atoms with Gasteiger partial charge in [-0.2, -0.15) is 0 Å². The molecule has 1 atom stereocenters. The third-order valence-corrected chi connectivity index (χ3v) is 2.98. The molecule has 0 aliphatic heterocycles. The van der Waals surface area contributed by atoms with E-state index in [4.69, 9.17) is 5.11 Å². The van der Waals surface area contributed by atoms with Crippen LogP contribution in [0.15, 0.2) is 22.7 Å². The zero-order chi connectivity index (χ0) is 11.6. The van der Waals surface area contributed by atoms with Crippen molar-refractivity contribution in [3.05, 3.63) is 33.8 Å². The molecule has 1 aromatic carbocycles. The van der Waals surface area contributed by atoms with Crippen LogP contribution in [0.5, 0.6) is 0 Å². The summed E-state index contributed by atoms with van der Waals surface area (Å²) >= 11 is 3.43. The van der Waals surface area contributed by atoms with Gasteiger partial charge in [0.25, 0.3) is 0 Å². The molecule has 0 aliphatic rings. The first-order chi connectivity index (χ1) is 6.86. The Morgan fingerprint density at radius 3 is 2.40 bits per heavy atom. The largest absolute Gasteiger partial charge is 0.393 e. The van der Waals surface area contributed by atoms with Crippen molar-refractivity contribution in [1.82, 2.24) is 0 Å². The molecular formula is C12H16BrFO. The molecule has 0 saturated carbocycles. The van der Waals surface area contributed by atoms with Crippen LogP contribution in [0, 0.1) is 0 Å². The maximum atomic E-state index is 13.2. The highest BCUT2D eigenvalue weighted by Gasteiger charge is 2.18. The van der Waals surface area contributed by atoms with Gasteiger partial charge in [0.1, 0.15) is 6.17 Å². The molecule has 1 rings (SSSR count). The minimum Gasteiger partial charge on any atom is -0.393 e. The molecule has 0 fully saturated rings. The maximum absolute atomic E-state index is 13.2. The first kappa shape index (κ1) is 12.7. The number of benzene rings is 1. The van der Waals surface area contributed by atoms with Crippen molar-refractivity contribution in [3.8, 4) is 0 Å². The molecule has 0 saturated heterocycles. The molecule has 1 unspecified atom stereocenters. The second kappa shape index (κ2) is 4.62. The van der Waals surface area contributed by atoms with Gasteiger partial charge in [0, 0.05) is 4.47 Å². The van der Waals surface area contributed by atoms with E-state index < -0.39 is 12.8 Å². The van der Waals surface area contributed by atoms with Gasteiger partial charge in [0.2, 0.25) is 0 Å². The number of aliphatic hydroxyl groups is 1. The molecule has 84 valence electrons. The highest BCUT2D eigenvalue weighted by molar-refractivity contribution is 9.10. The third-order valence-electron chi connectivity index (χ3n) is 2.32. The lowest BCUT2D eigenvalue weighted by molar-refractivity contribution is 0.180.